The van der Waals surface area contributed by atoms with E-state index in [1.54, 1.807) is 0 Å². The van der Waals surface area contributed by atoms with Gasteiger partial charge < -0.3 is 19.1 Å². The highest BCUT2D eigenvalue weighted by Gasteiger charge is 2.14. The fraction of sp³-hybridized carbons (Fsp3) is 0.333. The van der Waals surface area contributed by atoms with Crippen molar-refractivity contribution < 1.29 is 14.2 Å². The third kappa shape index (κ3) is 3.34. The van der Waals surface area contributed by atoms with Crippen LogP contribution in [-0.2, 0) is 0 Å². The summed E-state index contributed by atoms with van der Waals surface area (Å²) in [6.45, 7) is 2.75. The Balaban J connectivity index is 1.85. The maximum absolute atomic E-state index is 5.93. The van der Waals surface area contributed by atoms with E-state index in [0.717, 1.165) is 34.9 Å². The van der Waals surface area contributed by atoms with Crippen LogP contribution in [-0.4, -0.2) is 45.4 Å². The minimum absolute atomic E-state index is 0.595. The molecule has 0 unspecified atom stereocenters. The molecule has 0 aliphatic carbocycles. The third-order valence-corrected chi connectivity index (χ3v) is 3.54. The largest absolute Gasteiger partial charge is 0.492 e. The molecule has 1 aliphatic heterocycles. The van der Waals surface area contributed by atoms with Crippen molar-refractivity contribution in [3.8, 4) is 28.4 Å². The minimum Gasteiger partial charge on any atom is -0.492 e. The SMILES string of the molecule is CN(C)CCOc1ccccc1-c1ccc2c(c1)OCCO2. The Bertz CT molecular complexity index is 640. The summed E-state index contributed by atoms with van der Waals surface area (Å²) in [5, 5.41) is 0. The quantitative estimate of drug-likeness (QED) is 0.849. The van der Waals surface area contributed by atoms with Crippen molar-refractivity contribution in [3.63, 3.8) is 0 Å². The highest BCUT2D eigenvalue weighted by molar-refractivity contribution is 5.72. The number of fused-ring (bicyclic) bond motifs is 1. The van der Waals surface area contributed by atoms with E-state index in [9.17, 15) is 0 Å². The Hall–Kier alpha value is -2.20. The van der Waals surface area contributed by atoms with Gasteiger partial charge in [-0.2, -0.15) is 0 Å². The number of benzene rings is 2. The van der Waals surface area contributed by atoms with Crippen LogP contribution in [0.5, 0.6) is 17.2 Å². The molecule has 0 N–H and O–H groups in total. The van der Waals surface area contributed by atoms with Gasteiger partial charge in [-0.25, -0.2) is 0 Å². The van der Waals surface area contributed by atoms with Crippen LogP contribution >= 0.6 is 0 Å². The summed E-state index contributed by atoms with van der Waals surface area (Å²) < 4.78 is 17.2. The molecule has 116 valence electrons. The average Bonchev–Trinajstić information content (AvgIpc) is 2.54. The number of rotatable bonds is 5. The molecule has 0 aromatic heterocycles. The van der Waals surface area contributed by atoms with Crippen LogP contribution in [0.2, 0.25) is 0 Å². The average molecular weight is 299 g/mol. The Morgan fingerprint density at radius 3 is 2.59 bits per heavy atom. The molecular weight excluding hydrogens is 278 g/mol. The molecule has 22 heavy (non-hydrogen) atoms. The number of ether oxygens (including phenoxy) is 3. The predicted octanol–water partition coefficient (Wildman–Crippen LogP) is 3.07. The van der Waals surface area contributed by atoms with E-state index in [-0.39, 0.29) is 0 Å². The van der Waals surface area contributed by atoms with E-state index in [2.05, 4.69) is 11.0 Å². The number of hydrogen-bond donors (Lipinski definition) is 0. The second-order valence-electron chi connectivity index (χ2n) is 5.51. The van der Waals surface area contributed by atoms with Crippen molar-refractivity contribution in [1.82, 2.24) is 4.90 Å². The van der Waals surface area contributed by atoms with Crippen LogP contribution in [0.25, 0.3) is 11.1 Å². The normalized spacial score (nSPS) is 13.2. The van der Waals surface area contributed by atoms with Crippen LogP contribution in [0.1, 0.15) is 0 Å². The highest BCUT2D eigenvalue weighted by atomic mass is 16.6. The van der Waals surface area contributed by atoms with Crippen LogP contribution in [0.15, 0.2) is 42.5 Å². The molecule has 0 amide bonds. The molecule has 0 saturated heterocycles. The number of para-hydroxylation sites is 1. The number of nitrogens with zero attached hydrogens (tertiary/aromatic N) is 1. The fourth-order valence-electron chi connectivity index (χ4n) is 2.38. The first kappa shape index (κ1) is 14.7. The molecule has 0 saturated carbocycles. The molecule has 3 rings (SSSR count). The van der Waals surface area contributed by atoms with Crippen molar-refractivity contribution in [2.24, 2.45) is 0 Å². The van der Waals surface area contributed by atoms with Crippen LogP contribution in [0.4, 0.5) is 0 Å². The Morgan fingerprint density at radius 2 is 1.77 bits per heavy atom. The second-order valence-corrected chi connectivity index (χ2v) is 5.51. The lowest BCUT2D eigenvalue weighted by molar-refractivity contribution is 0.171. The van der Waals surface area contributed by atoms with E-state index in [1.807, 2.05) is 50.5 Å². The second kappa shape index (κ2) is 6.71. The predicted molar refractivity (Wildman–Crippen MR) is 86.9 cm³/mol. The fourth-order valence-corrected chi connectivity index (χ4v) is 2.38. The standard InChI is InChI=1S/C18H21NO3/c1-19(2)9-10-20-16-6-4-3-5-15(16)14-7-8-17-18(13-14)22-12-11-21-17/h3-8,13H,9-12H2,1-2H3. The third-order valence-electron chi connectivity index (χ3n) is 3.54. The Morgan fingerprint density at radius 1 is 1.00 bits per heavy atom. The van der Waals surface area contributed by atoms with Gasteiger partial charge in [0.2, 0.25) is 0 Å². The number of hydrogen-bond acceptors (Lipinski definition) is 4. The van der Waals surface area contributed by atoms with Gasteiger partial charge in [0.05, 0.1) is 0 Å². The van der Waals surface area contributed by atoms with E-state index in [1.165, 1.54) is 0 Å². The van der Waals surface area contributed by atoms with Gasteiger partial charge in [0.15, 0.2) is 11.5 Å². The van der Waals surface area contributed by atoms with Gasteiger partial charge in [-0.05, 0) is 37.9 Å². The smallest absolute Gasteiger partial charge is 0.161 e. The molecule has 2 aromatic carbocycles. The van der Waals surface area contributed by atoms with Crippen molar-refractivity contribution in [2.45, 2.75) is 0 Å². The highest BCUT2D eigenvalue weighted by Crippen LogP contribution is 2.37. The van der Waals surface area contributed by atoms with Gasteiger partial charge in [-0.1, -0.05) is 24.3 Å². The van der Waals surface area contributed by atoms with E-state index in [4.69, 9.17) is 14.2 Å². The van der Waals surface area contributed by atoms with Crippen molar-refractivity contribution in [1.29, 1.82) is 0 Å². The van der Waals surface area contributed by atoms with Gasteiger partial charge in [0, 0.05) is 12.1 Å². The maximum Gasteiger partial charge on any atom is 0.161 e. The molecule has 1 heterocycles. The van der Waals surface area contributed by atoms with Gasteiger partial charge in [-0.15, -0.1) is 0 Å². The summed E-state index contributed by atoms with van der Waals surface area (Å²) in [4.78, 5) is 2.10. The Labute approximate surface area is 131 Å². The summed E-state index contributed by atoms with van der Waals surface area (Å²) >= 11 is 0. The molecule has 4 nitrogen and oxygen atoms in total. The first-order valence-electron chi connectivity index (χ1n) is 7.50. The molecule has 2 aromatic rings. The zero-order chi connectivity index (χ0) is 15.4. The molecule has 4 heteroatoms. The van der Waals surface area contributed by atoms with Gasteiger partial charge in [0.1, 0.15) is 25.6 Å². The topological polar surface area (TPSA) is 30.9 Å². The summed E-state index contributed by atoms with van der Waals surface area (Å²) in [6.07, 6.45) is 0. The van der Waals surface area contributed by atoms with Crippen molar-refractivity contribution >= 4 is 0 Å². The minimum atomic E-state index is 0.595. The lowest BCUT2D eigenvalue weighted by atomic mass is 10.0. The van der Waals surface area contributed by atoms with Crippen molar-refractivity contribution in [2.75, 3.05) is 40.5 Å². The monoisotopic (exact) mass is 299 g/mol. The molecule has 0 atom stereocenters. The molecule has 0 bridgehead atoms. The zero-order valence-electron chi connectivity index (χ0n) is 13.0. The van der Waals surface area contributed by atoms with Gasteiger partial charge in [-0.3, -0.25) is 0 Å². The molecular formula is C18H21NO3. The zero-order valence-corrected chi connectivity index (χ0v) is 13.0. The summed E-state index contributed by atoms with van der Waals surface area (Å²) in [6, 6.07) is 14.1. The lowest BCUT2D eigenvalue weighted by Crippen LogP contribution is -2.19. The van der Waals surface area contributed by atoms with E-state index >= 15 is 0 Å². The van der Waals surface area contributed by atoms with Crippen LogP contribution in [0, 0.1) is 0 Å². The summed E-state index contributed by atoms with van der Waals surface area (Å²) in [5.74, 6) is 2.49. The Kier molecular flexibility index (Phi) is 4.49. The molecule has 0 fully saturated rings. The van der Waals surface area contributed by atoms with Crippen LogP contribution < -0.4 is 14.2 Å². The summed E-state index contributed by atoms with van der Waals surface area (Å²) in [5.41, 5.74) is 2.14. The molecule has 1 aliphatic rings. The summed E-state index contributed by atoms with van der Waals surface area (Å²) in [7, 11) is 4.08. The van der Waals surface area contributed by atoms with Gasteiger partial charge >= 0.3 is 0 Å². The molecule has 0 spiro atoms. The van der Waals surface area contributed by atoms with E-state index in [0.29, 0.717) is 19.8 Å². The first-order valence-corrected chi connectivity index (χ1v) is 7.50. The number of likely N-dealkylation sites (N-methyl/N-ethyl adjacent to an activating group) is 1. The van der Waals surface area contributed by atoms with Gasteiger partial charge in [0.25, 0.3) is 0 Å². The first-order chi connectivity index (χ1) is 10.7. The molecule has 0 radical (unpaired) electrons. The maximum atomic E-state index is 5.93. The van der Waals surface area contributed by atoms with Crippen LogP contribution in [0.3, 0.4) is 0 Å². The lowest BCUT2D eigenvalue weighted by Gasteiger charge is -2.19. The van der Waals surface area contributed by atoms with E-state index < -0.39 is 0 Å². The van der Waals surface area contributed by atoms with Crippen molar-refractivity contribution in [3.05, 3.63) is 42.5 Å².